The number of nitrogens with zero attached hydrogens (tertiary/aromatic N) is 3. The topological polar surface area (TPSA) is 56.3 Å². The van der Waals surface area contributed by atoms with E-state index in [2.05, 4.69) is 52.9 Å². The second kappa shape index (κ2) is 9.64. The van der Waals surface area contributed by atoms with E-state index in [1.165, 1.54) is 5.75 Å². The summed E-state index contributed by atoms with van der Waals surface area (Å²) in [6.45, 7) is 12.5. The SMILES string of the molecule is CCNC(=NCc1cn[nH]c1C)N1CCSC(C(C)C)C1.I. The number of guanidine groups is 1. The van der Waals surface area contributed by atoms with Gasteiger partial charge in [-0.2, -0.15) is 16.9 Å². The lowest BCUT2D eigenvalue weighted by atomic mass is 10.1. The average molecular weight is 437 g/mol. The van der Waals surface area contributed by atoms with Crippen molar-refractivity contribution in [2.24, 2.45) is 10.9 Å². The zero-order valence-corrected chi connectivity index (χ0v) is 17.1. The zero-order valence-electron chi connectivity index (χ0n) is 13.9. The molecule has 2 heterocycles. The number of rotatable bonds is 4. The summed E-state index contributed by atoms with van der Waals surface area (Å²) in [5, 5.41) is 11.2. The normalized spacial score (nSPS) is 19.2. The summed E-state index contributed by atoms with van der Waals surface area (Å²) >= 11 is 2.09. The summed E-state index contributed by atoms with van der Waals surface area (Å²) in [6, 6.07) is 0. The van der Waals surface area contributed by atoms with Crippen LogP contribution < -0.4 is 5.32 Å². The van der Waals surface area contributed by atoms with Crippen molar-refractivity contribution in [1.82, 2.24) is 20.4 Å². The van der Waals surface area contributed by atoms with Gasteiger partial charge >= 0.3 is 0 Å². The number of aromatic nitrogens is 2. The summed E-state index contributed by atoms with van der Waals surface area (Å²) in [6.07, 6.45) is 1.87. The number of aromatic amines is 1. The second-order valence-electron chi connectivity index (χ2n) is 5.79. The first-order chi connectivity index (χ1) is 10.1. The van der Waals surface area contributed by atoms with Crippen molar-refractivity contribution in [3.8, 4) is 0 Å². The molecule has 1 fully saturated rings. The Kier molecular flexibility index (Phi) is 8.59. The maximum Gasteiger partial charge on any atom is 0.194 e. The Hall–Kier alpha value is -0.440. The summed E-state index contributed by atoms with van der Waals surface area (Å²) in [7, 11) is 0. The number of hydrogen-bond donors (Lipinski definition) is 2. The van der Waals surface area contributed by atoms with Crippen LogP contribution in [0.2, 0.25) is 0 Å². The number of H-pyrrole nitrogens is 1. The highest BCUT2D eigenvalue weighted by molar-refractivity contribution is 14.0. The predicted octanol–water partition coefficient (Wildman–Crippen LogP) is 2.88. The van der Waals surface area contributed by atoms with Crippen molar-refractivity contribution in [2.75, 3.05) is 25.4 Å². The Morgan fingerprint density at radius 3 is 2.95 bits per heavy atom. The van der Waals surface area contributed by atoms with E-state index in [4.69, 9.17) is 4.99 Å². The molecular weight excluding hydrogens is 409 g/mol. The molecule has 1 saturated heterocycles. The molecule has 0 bridgehead atoms. The predicted molar refractivity (Wildman–Crippen MR) is 106 cm³/mol. The van der Waals surface area contributed by atoms with E-state index in [9.17, 15) is 0 Å². The standard InChI is InChI=1S/C15H27N5S.HI/c1-5-16-15(17-8-13-9-18-19-12(13)4)20-6-7-21-14(10-20)11(2)3;/h9,11,14H,5-8,10H2,1-4H3,(H,16,17)(H,18,19);1H. The van der Waals surface area contributed by atoms with Gasteiger partial charge in [0.05, 0.1) is 12.7 Å². The van der Waals surface area contributed by atoms with Crippen molar-refractivity contribution >= 4 is 41.7 Å². The van der Waals surface area contributed by atoms with E-state index < -0.39 is 0 Å². The van der Waals surface area contributed by atoms with Crippen LogP contribution in [0, 0.1) is 12.8 Å². The molecule has 126 valence electrons. The molecule has 0 saturated carbocycles. The molecule has 0 spiro atoms. The third-order valence-corrected chi connectivity index (χ3v) is 5.34. The molecule has 1 atom stereocenters. The van der Waals surface area contributed by atoms with Crippen LogP contribution >= 0.6 is 35.7 Å². The molecule has 0 radical (unpaired) electrons. The van der Waals surface area contributed by atoms with Crippen LogP contribution in [0.1, 0.15) is 32.0 Å². The lowest BCUT2D eigenvalue weighted by Crippen LogP contribution is -2.49. The molecule has 1 aliphatic rings. The van der Waals surface area contributed by atoms with Crippen molar-refractivity contribution in [3.05, 3.63) is 17.5 Å². The van der Waals surface area contributed by atoms with Crippen molar-refractivity contribution < 1.29 is 0 Å². The van der Waals surface area contributed by atoms with Crippen LogP contribution in [0.15, 0.2) is 11.2 Å². The fraction of sp³-hybridized carbons (Fsp3) is 0.733. The summed E-state index contributed by atoms with van der Waals surface area (Å²) in [5.41, 5.74) is 2.26. The molecule has 2 N–H and O–H groups in total. The van der Waals surface area contributed by atoms with Crippen LogP contribution in [-0.4, -0.2) is 51.7 Å². The van der Waals surface area contributed by atoms with Gasteiger partial charge in [0.2, 0.25) is 0 Å². The monoisotopic (exact) mass is 437 g/mol. The number of aliphatic imine (C=N–C) groups is 1. The Morgan fingerprint density at radius 1 is 1.59 bits per heavy atom. The van der Waals surface area contributed by atoms with E-state index in [1.807, 2.05) is 13.1 Å². The molecule has 2 rings (SSSR count). The third kappa shape index (κ3) is 5.33. The molecule has 1 unspecified atom stereocenters. The zero-order chi connectivity index (χ0) is 15.2. The molecule has 1 aliphatic heterocycles. The molecular formula is C15H28IN5S. The van der Waals surface area contributed by atoms with E-state index in [0.717, 1.165) is 36.9 Å². The van der Waals surface area contributed by atoms with Gasteiger partial charge in [-0.15, -0.1) is 24.0 Å². The first-order valence-corrected chi connectivity index (χ1v) is 8.80. The van der Waals surface area contributed by atoms with Crippen LogP contribution in [0.25, 0.3) is 0 Å². The van der Waals surface area contributed by atoms with E-state index in [-0.39, 0.29) is 24.0 Å². The first-order valence-electron chi connectivity index (χ1n) is 7.75. The van der Waals surface area contributed by atoms with Gasteiger partial charge in [-0.25, -0.2) is 4.99 Å². The van der Waals surface area contributed by atoms with Crippen LogP contribution in [0.4, 0.5) is 0 Å². The fourth-order valence-electron chi connectivity index (χ4n) is 2.39. The maximum absolute atomic E-state index is 4.80. The highest BCUT2D eigenvalue weighted by atomic mass is 127. The molecule has 0 aliphatic carbocycles. The van der Waals surface area contributed by atoms with E-state index in [0.29, 0.717) is 17.7 Å². The van der Waals surface area contributed by atoms with Crippen molar-refractivity contribution in [1.29, 1.82) is 0 Å². The Bertz CT molecular complexity index is 474. The summed E-state index contributed by atoms with van der Waals surface area (Å²) in [4.78, 5) is 7.20. The average Bonchev–Trinajstić information content (AvgIpc) is 2.89. The Labute approximate surface area is 155 Å². The minimum Gasteiger partial charge on any atom is -0.357 e. The number of nitrogens with one attached hydrogen (secondary N) is 2. The number of hydrogen-bond acceptors (Lipinski definition) is 3. The van der Waals surface area contributed by atoms with Gasteiger partial charge in [0.15, 0.2) is 5.96 Å². The van der Waals surface area contributed by atoms with Crippen LogP contribution in [0.5, 0.6) is 0 Å². The molecule has 0 aromatic carbocycles. The second-order valence-corrected chi connectivity index (χ2v) is 7.14. The van der Waals surface area contributed by atoms with E-state index >= 15 is 0 Å². The summed E-state index contributed by atoms with van der Waals surface area (Å²) in [5.74, 6) is 2.92. The van der Waals surface area contributed by atoms with Gasteiger partial charge in [-0.3, -0.25) is 5.10 Å². The number of halogens is 1. The largest absolute Gasteiger partial charge is 0.357 e. The lowest BCUT2D eigenvalue weighted by molar-refractivity contribution is 0.381. The molecule has 0 amide bonds. The quantitative estimate of drug-likeness (QED) is 0.432. The Morgan fingerprint density at radius 2 is 2.36 bits per heavy atom. The minimum absolute atomic E-state index is 0. The Balaban J connectivity index is 0.00000242. The van der Waals surface area contributed by atoms with Crippen molar-refractivity contribution in [3.63, 3.8) is 0 Å². The number of thioether (sulfide) groups is 1. The molecule has 5 nitrogen and oxygen atoms in total. The van der Waals surface area contributed by atoms with Gasteiger partial charge in [-0.1, -0.05) is 13.8 Å². The maximum atomic E-state index is 4.80. The minimum atomic E-state index is 0. The van der Waals surface area contributed by atoms with Gasteiger partial charge in [-0.05, 0) is 19.8 Å². The smallest absolute Gasteiger partial charge is 0.194 e. The number of aryl methyl sites for hydroxylation is 1. The highest BCUT2D eigenvalue weighted by Crippen LogP contribution is 2.24. The van der Waals surface area contributed by atoms with Crippen LogP contribution in [-0.2, 0) is 6.54 Å². The highest BCUT2D eigenvalue weighted by Gasteiger charge is 2.24. The molecule has 7 heteroatoms. The third-order valence-electron chi connectivity index (χ3n) is 3.80. The van der Waals surface area contributed by atoms with Gasteiger partial charge in [0, 0.05) is 41.9 Å². The fourth-order valence-corrected chi connectivity index (χ4v) is 3.69. The molecule has 22 heavy (non-hydrogen) atoms. The van der Waals surface area contributed by atoms with Crippen molar-refractivity contribution in [2.45, 2.75) is 39.5 Å². The molecule has 1 aromatic rings. The van der Waals surface area contributed by atoms with Crippen LogP contribution in [0.3, 0.4) is 0 Å². The first kappa shape index (κ1) is 19.6. The lowest BCUT2D eigenvalue weighted by Gasteiger charge is -2.36. The molecule has 1 aromatic heterocycles. The van der Waals surface area contributed by atoms with E-state index in [1.54, 1.807) is 0 Å². The van der Waals surface area contributed by atoms with Gasteiger partial charge in [0.25, 0.3) is 0 Å². The van der Waals surface area contributed by atoms with Gasteiger partial charge < -0.3 is 10.2 Å². The van der Waals surface area contributed by atoms with Gasteiger partial charge in [0.1, 0.15) is 0 Å². The summed E-state index contributed by atoms with van der Waals surface area (Å²) < 4.78 is 0.